The van der Waals surface area contributed by atoms with Crippen molar-refractivity contribution in [1.29, 1.82) is 0 Å². The van der Waals surface area contributed by atoms with Gasteiger partial charge in [-0.15, -0.1) is 13.2 Å². The van der Waals surface area contributed by atoms with Crippen LogP contribution in [0, 0.1) is 12.7 Å². The first-order valence-corrected chi connectivity index (χ1v) is 14.2. The Labute approximate surface area is 264 Å². The minimum atomic E-state index is -4.86. The topological polar surface area (TPSA) is 119 Å². The fourth-order valence-corrected chi connectivity index (χ4v) is 5.06. The van der Waals surface area contributed by atoms with Crippen LogP contribution >= 0.6 is 11.8 Å². The summed E-state index contributed by atoms with van der Waals surface area (Å²) in [5.41, 5.74) is 1.24. The highest BCUT2D eigenvalue weighted by Crippen LogP contribution is 2.32. The molecule has 0 saturated carbocycles. The predicted molar refractivity (Wildman–Crippen MR) is 155 cm³/mol. The van der Waals surface area contributed by atoms with E-state index in [1.54, 1.807) is 19.1 Å². The fraction of sp³-hybridized carbons (Fsp3) is 0.207. The number of aliphatic imine (C=N–C) groups is 1. The molecule has 0 unspecified atom stereocenters. The number of alkyl halides is 6. The number of amidine groups is 1. The lowest BCUT2D eigenvalue weighted by molar-refractivity contribution is -0.274. The Bertz CT molecular complexity index is 1830. The summed E-state index contributed by atoms with van der Waals surface area (Å²) < 4.78 is 104. The molecule has 5 rings (SSSR count). The van der Waals surface area contributed by atoms with Gasteiger partial charge in [-0.25, -0.2) is 9.18 Å². The molecule has 3 aromatic carbocycles. The zero-order valence-electron chi connectivity index (χ0n) is 23.8. The van der Waals surface area contributed by atoms with Crippen molar-refractivity contribution in [3.8, 4) is 28.6 Å². The Morgan fingerprint density at radius 2 is 1.77 bits per heavy atom. The summed E-state index contributed by atoms with van der Waals surface area (Å²) in [4.78, 5) is 34.6. The highest BCUT2D eigenvalue weighted by Gasteiger charge is 2.33. The van der Waals surface area contributed by atoms with Crippen molar-refractivity contribution in [3.63, 3.8) is 0 Å². The zero-order valence-corrected chi connectivity index (χ0v) is 24.6. The van der Waals surface area contributed by atoms with Gasteiger partial charge in [0.05, 0.1) is 23.7 Å². The number of carbonyl (C=O) groups excluding carboxylic acids is 2. The maximum Gasteiger partial charge on any atom is 0.573 e. The number of anilines is 2. The summed E-state index contributed by atoms with van der Waals surface area (Å²) in [6.45, 7) is -0.258. The third-order valence-corrected chi connectivity index (χ3v) is 7.12. The highest BCUT2D eigenvalue weighted by atomic mass is 32.2. The van der Waals surface area contributed by atoms with Crippen molar-refractivity contribution in [3.05, 3.63) is 77.6 Å². The van der Waals surface area contributed by atoms with Gasteiger partial charge in [-0.05, 0) is 61.0 Å². The Balaban J connectivity index is 1.29. The molecule has 3 amide bonds. The Kier molecular flexibility index (Phi) is 9.53. The smallest absolute Gasteiger partial charge is 0.406 e. The van der Waals surface area contributed by atoms with Crippen molar-refractivity contribution in [1.82, 2.24) is 10.1 Å². The lowest BCUT2D eigenvalue weighted by atomic mass is 10.1. The van der Waals surface area contributed by atoms with Crippen molar-refractivity contribution < 1.29 is 54.3 Å². The summed E-state index contributed by atoms with van der Waals surface area (Å²) in [5.74, 6) is -2.08. The quantitative estimate of drug-likeness (QED) is 0.190. The molecule has 18 heteroatoms. The first-order valence-electron chi connectivity index (χ1n) is 13.2. The molecule has 0 aliphatic carbocycles. The molecule has 4 aromatic rings. The second kappa shape index (κ2) is 13.4. The van der Waals surface area contributed by atoms with Crippen molar-refractivity contribution in [2.24, 2.45) is 4.99 Å². The number of urea groups is 1. The van der Waals surface area contributed by atoms with E-state index < -0.39 is 49.3 Å². The molecular formula is C29H20F7N5O5S. The van der Waals surface area contributed by atoms with Gasteiger partial charge in [0.25, 0.3) is 5.89 Å². The molecule has 47 heavy (non-hydrogen) atoms. The first-order chi connectivity index (χ1) is 22.1. The lowest BCUT2D eigenvalue weighted by Crippen LogP contribution is -2.31. The monoisotopic (exact) mass is 683 g/mol. The number of aryl methyl sites for hydroxylation is 1. The van der Waals surface area contributed by atoms with E-state index >= 15 is 4.39 Å². The molecule has 2 heterocycles. The summed E-state index contributed by atoms with van der Waals surface area (Å²) in [5, 5.41) is 5.95. The van der Waals surface area contributed by atoms with Crippen LogP contribution in [-0.2, 0) is 16.1 Å². The third-order valence-electron chi connectivity index (χ3n) is 6.20. The van der Waals surface area contributed by atoms with Gasteiger partial charge in [0.15, 0.2) is 5.17 Å². The number of hydrogen-bond donors (Lipinski definition) is 1. The Morgan fingerprint density at radius 3 is 2.45 bits per heavy atom. The summed E-state index contributed by atoms with van der Waals surface area (Å²) in [7, 11) is 0. The number of benzene rings is 3. The number of carbonyl (C=O) groups is 2. The van der Waals surface area contributed by atoms with E-state index in [-0.39, 0.29) is 50.7 Å². The van der Waals surface area contributed by atoms with E-state index in [1.807, 2.05) is 0 Å². The van der Waals surface area contributed by atoms with Crippen LogP contribution < -0.4 is 15.0 Å². The molecule has 0 radical (unpaired) electrons. The second-order valence-electron chi connectivity index (χ2n) is 9.77. The molecule has 1 aliphatic rings. The van der Waals surface area contributed by atoms with Crippen LogP contribution in [0.4, 0.5) is 46.9 Å². The van der Waals surface area contributed by atoms with Gasteiger partial charge in [0.1, 0.15) is 18.2 Å². The zero-order chi connectivity index (χ0) is 33.9. The van der Waals surface area contributed by atoms with E-state index in [0.29, 0.717) is 5.56 Å². The molecule has 10 nitrogen and oxygen atoms in total. The van der Waals surface area contributed by atoms with Crippen LogP contribution in [0.1, 0.15) is 11.1 Å². The molecule has 246 valence electrons. The Hall–Kier alpha value is -4.97. The summed E-state index contributed by atoms with van der Waals surface area (Å²) in [6.07, 6.45) is -9.41. The van der Waals surface area contributed by atoms with E-state index in [0.717, 1.165) is 34.9 Å². The molecular weight excluding hydrogens is 663 g/mol. The highest BCUT2D eigenvalue weighted by molar-refractivity contribution is 8.15. The minimum Gasteiger partial charge on any atom is -0.406 e. The summed E-state index contributed by atoms with van der Waals surface area (Å²) in [6, 6.07) is 11.8. The van der Waals surface area contributed by atoms with Gasteiger partial charge in [-0.3, -0.25) is 9.69 Å². The van der Waals surface area contributed by atoms with Gasteiger partial charge in [-0.1, -0.05) is 29.1 Å². The number of amides is 3. The van der Waals surface area contributed by atoms with Crippen LogP contribution in [0.2, 0.25) is 0 Å². The molecule has 1 aromatic heterocycles. The molecule has 1 aliphatic heterocycles. The van der Waals surface area contributed by atoms with Gasteiger partial charge in [0.2, 0.25) is 11.7 Å². The number of nitrogens with zero attached hydrogens (tertiary/aromatic N) is 4. The maximum atomic E-state index is 15.0. The molecule has 1 N–H and O–H groups in total. The largest absolute Gasteiger partial charge is 0.573 e. The van der Waals surface area contributed by atoms with Crippen molar-refractivity contribution >= 4 is 40.2 Å². The SMILES string of the molecule is Cc1ccc(COCC(F)(F)F)c(N2C(=O)CSC2=NC(=O)Nc2ccc(-c3noc(-c4ccc(OC(F)(F)F)cc4)n3)cc2F)c1. The lowest BCUT2D eigenvalue weighted by Gasteiger charge is -2.21. The second-order valence-corrected chi connectivity index (χ2v) is 10.7. The maximum absolute atomic E-state index is 15.0. The van der Waals surface area contributed by atoms with Crippen molar-refractivity contribution in [2.45, 2.75) is 26.1 Å². The van der Waals surface area contributed by atoms with Crippen LogP contribution in [0.25, 0.3) is 22.8 Å². The number of ether oxygens (including phenoxy) is 2. The number of aromatic nitrogens is 2. The number of hydrogen-bond acceptors (Lipinski definition) is 8. The molecule has 0 bridgehead atoms. The third kappa shape index (κ3) is 8.64. The molecule has 1 fully saturated rings. The predicted octanol–water partition coefficient (Wildman–Crippen LogP) is 7.50. The average molecular weight is 684 g/mol. The van der Waals surface area contributed by atoms with Gasteiger partial charge >= 0.3 is 18.6 Å². The van der Waals surface area contributed by atoms with Crippen LogP contribution in [0.15, 0.2) is 70.2 Å². The van der Waals surface area contributed by atoms with Crippen LogP contribution in [0.5, 0.6) is 5.75 Å². The fourth-order valence-electron chi connectivity index (χ4n) is 4.21. The standard InChI is InChI=1S/C29H20F7N5O5S/c1-15-2-3-18(12-44-14-28(31,32)33)22(10-15)41-23(42)13-47-27(41)39-26(43)37-21-9-6-17(11-20(21)30)24-38-25(46-40-24)16-4-7-19(8-5-16)45-29(34,35)36/h2-11H,12-14H2,1H3,(H,37,43). The number of halogens is 7. The summed E-state index contributed by atoms with van der Waals surface area (Å²) >= 11 is 0.909. The van der Waals surface area contributed by atoms with Crippen molar-refractivity contribution in [2.75, 3.05) is 22.6 Å². The number of nitrogens with one attached hydrogen (secondary N) is 1. The molecule has 0 spiro atoms. The van der Waals surface area contributed by atoms with Crippen LogP contribution in [-0.4, -0.2) is 52.1 Å². The van der Waals surface area contributed by atoms with E-state index in [2.05, 4.69) is 25.2 Å². The van der Waals surface area contributed by atoms with E-state index in [4.69, 9.17) is 9.26 Å². The minimum absolute atomic E-state index is 0.0580. The average Bonchev–Trinajstić information content (AvgIpc) is 3.61. The molecule has 1 saturated heterocycles. The van der Waals surface area contributed by atoms with E-state index in [9.17, 15) is 35.9 Å². The van der Waals surface area contributed by atoms with E-state index in [1.165, 1.54) is 30.3 Å². The number of rotatable bonds is 8. The van der Waals surface area contributed by atoms with Gasteiger partial charge < -0.3 is 19.3 Å². The van der Waals surface area contributed by atoms with Gasteiger partial charge in [-0.2, -0.15) is 23.1 Å². The number of thioether (sulfide) groups is 1. The molecule has 0 atom stereocenters. The first kappa shape index (κ1) is 33.4. The van der Waals surface area contributed by atoms with Gasteiger partial charge in [0, 0.05) is 16.7 Å². The van der Waals surface area contributed by atoms with Crippen LogP contribution in [0.3, 0.4) is 0 Å². The normalized spacial score (nSPS) is 14.6. The Morgan fingerprint density at radius 1 is 1.04 bits per heavy atom.